The molecule has 1 fully saturated rings. The number of nitriles is 1. The van der Waals surface area contributed by atoms with Crippen LogP contribution in [0.2, 0.25) is 0 Å². The zero-order chi connectivity index (χ0) is 29.1. The van der Waals surface area contributed by atoms with Crippen LogP contribution in [0.5, 0.6) is 5.75 Å². The molecule has 1 aliphatic heterocycles. The average molecular weight is 573 g/mol. The van der Waals surface area contributed by atoms with Gasteiger partial charge in [-0.05, 0) is 88.8 Å². The molecule has 0 aliphatic carbocycles. The molecule has 1 saturated heterocycles. The van der Waals surface area contributed by atoms with Crippen LogP contribution in [0.4, 0.5) is 3.89 Å². The summed E-state index contributed by atoms with van der Waals surface area (Å²) in [5.74, 6) is 0.402. The summed E-state index contributed by atoms with van der Waals surface area (Å²) in [6.07, 6.45) is 1.48. The highest BCUT2D eigenvalue weighted by molar-refractivity contribution is 7.86. The number of pyridine rings is 1. The van der Waals surface area contributed by atoms with Gasteiger partial charge in [0.25, 0.3) is 0 Å². The van der Waals surface area contributed by atoms with Crippen molar-refractivity contribution in [3.8, 4) is 22.9 Å². The maximum Gasteiger partial charge on any atom is 0.332 e. The molecule has 0 bridgehead atoms. The van der Waals surface area contributed by atoms with Crippen LogP contribution in [0, 0.1) is 11.3 Å². The van der Waals surface area contributed by atoms with Crippen molar-refractivity contribution in [2.24, 2.45) is 0 Å². The number of halogens is 1. The molecule has 0 radical (unpaired) electrons. The monoisotopic (exact) mass is 572 g/mol. The van der Waals surface area contributed by atoms with Gasteiger partial charge in [0.1, 0.15) is 11.4 Å². The van der Waals surface area contributed by atoms with Crippen molar-refractivity contribution in [3.63, 3.8) is 0 Å². The zero-order valence-electron chi connectivity index (χ0n) is 22.9. The predicted octanol–water partition coefficient (Wildman–Crippen LogP) is 5.89. The topological polar surface area (TPSA) is 108 Å². The van der Waals surface area contributed by atoms with E-state index in [1.165, 1.54) is 18.2 Å². The Bertz CT molecular complexity index is 2050. The highest BCUT2D eigenvalue weighted by Crippen LogP contribution is 2.39. The second-order valence-corrected chi connectivity index (χ2v) is 12.3. The number of hydrogen-bond acceptors (Lipinski definition) is 6. The van der Waals surface area contributed by atoms with E-state index in [-0.39, 0.29) is 17.6 Å². The number of likely N-dealkylation sites (tertiary alicyclic amines) is 1. The number of nitrogens with one attached hydrogen (secondary N) is 1. The summed E-state index contributed by atoms with van der Waals surface area (Å²) in [7, 11) is -2.84. The number of fused-ring (bicyclic) bond motifs is 4. The summed E-state index contributed by atoms with van der Waals surface area (Å²) < 4.78 is 45.8. The van der Waals surface area contributed by atoms with Crippen molar-refractivity contribution in [3.05, 3.63) is 70.4 Å². The summed E-state index contributed by atoms with van der Waals surface area (Å²) in [5, 5.41) is 11.2. The van der Waals surface area contributed by atoms with Crippen molar-refractivity contribution in [2.75, 3.05) is 20.1 Å². The molecule has 0 spiro atoms. The van der Waals surface area contributed by atoms with Gasteiger partial charge in [-0.2, -0.15) is 13.7 Å². The first-order valence-electron chi connectivity index (χ1n) is 13.5. The fraction of sp³-hybridized carbons (Fsp3) is 0.290. The number of piperidine rings is 1. The third-order valence-electron chi connectivity index (χ3n) is 7.82. The minimum absolute atomic E-state index is 0.0718. The summed E-state index contributed by atoms with van der Waals surface area (Å²) in [6, 6.07) is 16.8. The highest BCUT2D eigenvalue weighted by Gasteiger charge is 2.26. The standard InChI is InChI=1S/C31H29FN4O4S/c1-18(2)40-28-16-25-27(15-24(28)20-5-4-6-22(14-20)41(32,38)39)36(21-9-11-35(3)12-10-21)31-29(30(25)37)23-8-7-19(17-33)13-26(23)34-31/h4-8,13-16,18,21,34H,9-12H2,1-3H3. The van der Waals surface area contributed by atoms with E-state index in [4.69, 9.17) is 4.74 Å². The van der Waals surface area contributed by atoms with Gasteiger partial charge in [0.2, 0.25) is 0 Å². The fourth-order valence-corrected chi connectivity index (χ4v) is 6.40. The lowest BCUT2D eigenvalue weighted by Crippen LogP contribution is -2.32. The molecule has 6 rings (SSSR count). The van der Waals surface area contributed by atoms with E-state index in [9.17, 15) is 22.4 Å². The molecule has 0 atom stereocenters. The molecule has 8 nitrogen and oxygen atoms in total. The third kappa shape index (κ3) is 4.75. The summed E-state index contributed by atoms with van der Waals surface area (Å²) in [6.45, 7) is 5.50. The van der Waals surface area contributed by atoms with Gasteiger partial charge in [0, 0.05) is 22.5 Å². The number of hydrogen-bond donors (Lipinski definition) is 1. The van der Waals surface area contributed by atoms with Crippen LogP contribution in [0.15, 0.2) is 64.3 Å². The van der Waals surface area contributed by atoms with Crippen LogP contribution < -0.4 is 10.2 Å². The molecular formula is C31H29FN4O4S. The van der Waals surface area contributed by atoms with Crippen LogP contribution >= 0.6 is 0 Å². The molecule has 210 valence electrons. The Hall–Kier alpha value is -4.20. The summed E-state index contributed by atoms with van der Waals surface area (Å²) in [5.41, 5.74) is 3.38. The Labute approximate surface area is 236 Å². The maximum atomic E-state index is 14.2. The molecule has 0 amide bonds. The third-order valence-corrected chi connectivity index (χ3v) is 8.64. The van der Waals surface area contributed by atoms with E-state index >= 15 is 0 Å². The van der Waals surface area contributed by atoms with Crippen molar-refractivity contribution in [1.29, 1.82) is 5.26 Å². The van der Waals surface area contributed by atoms with Gasteiger partial charge in [0.05, 0.1) is 38.9 Å². The lowest BCUT2D eigenvalue weighted by atomic mass is 9.98. The Morgan fingerprint density at radius 3 is 2.51 bits per heavy atom. The van der Waals surface area contributed by atoms with E-state index in [2.05, 4.69) is 27.6 Å². The Balaban J connectivity index is 1.74. The van der Waals surface area contributed by atoms with Crippen LogP contribution in [0.3, 0.4) is 0 Å². The number of ether oxygens (including phenoxy) is 1. The van der Waals surface area contributed by atoms with Gasteiger partial charge in [-0.1, -0.05) is 18.2 Å². The molecule has 0 unspecified atom stereocenters. The summed E-state index contributed by atoms with van der Waals surface area (Å²) >= 11 is 0. The quantitative estimate of drug-likeness (QED) is 0.263. The van der Waals surface area contributed by atoms with Crippen LogP contribution in [-0.2, 0) is 10.2 Å². The van der Waals surface area contributed by atoms with Crippen molar-refractivity contribution < 1.29 is 17.0 Å². The SMILES string of the molecule is CC(C)Oc1cc2c(=O)c3c4ccc(C#N)cc4[nH]c3n(C3CCN(C)CC3)c2cc1-c1cccc(S(=O)(=O)F)c1. The molecule has 3 heterocycles. The molecule has 10 heteroatoms. The van der Waals surface area contributed by atoms with Crippen molar-refractivity contribution in [2.45, 2.75) is 43.7 Å². The van der Waals surface area contributed by atoms with Crippen LogP contribution in [0.1, 0.15) is 38.3 Å². The van der Waals surface area contributed by atoms with E-state index in [0.717, 1.165) is 31.3 Å². The predicted molar refractivity (Wildman–Crippen MR) is 158 cm³/mol. The first-order valence-corrected chi connectivity index (χ1v) is 14.9. The maximum absolute atomic E-state index is 14.2. The molecule has 2 aromatic heterocycles. The normalized spacial score (nSPS) is 15.2. The molecule has 5 aromatic rings. The largest absolute Gasteiger partial charge is 0.490 e. The Morgan fingerprint density at radius 1 is 1.07 bits per heavy atom. The number of aromatic amines is 1. The van der Waals surface area contributed by atoms with Gasteiger partial charge in [-0.3, -0.25) is 4.79 Å². The van der Waals surface area contributed by atoms with Crippen molar-refractivity contribution in [1.82, 2.24) is 14.5 Å². The van der Waals surface area contributed by atoms with Gasteiger partial charge in [0.15, 0.2) is 5.43 Å². The minimum Gasteiger partial charge on any atom is -0.490 e. The molecule has 0 saturated carbocycles. The van der Waals surface area contributed by atoms with E-state index in [1.54, 1.807) is 24.3 Å². The highest BCUT2D eigenvalue weighted by atomic mass is 32.3. The van der Waals surface area contributed by atoms with Gasteiger partial charge in [-0.15, -0.1) is 3.89 Å². The van der Waals surface area contributed by atoms with Crippen LogP contribution in [0.25, 0.3) is 44.0 Å². The van der Waals surface area contributed by atoms with E-state index in [1.807, 2.05) is 26.0 Å². The second kappa shape index (κ2) is 10.0. The van der Waals surface area contributed by atoms with Crippen LogP contribution in [-0.4, -0.2) is 49.1 Å². The first-order chi connectivity index (χ1) is 19.5. The molecule has 1 aliphatic rings. The Kier molecular flexibility index (Phi) is 6.59. The molecular weight excluding hydrogens is 543 g/mol. The fourth-order valence-electron chi connectivity index (χ4n) is 5.89. The van der Waals surface area contributed by atoms with E-state index < -0.39 is 15.1 Å². The first kappa shape index (κ1) is 27.0. The van der Waals surface area contributed by atoms with Gasteiger partial charge in [-0.25, -0.2) is 0 Å². The molecule has 41 heavy (non-hydrogen) atoms. The number of nitrogens with zero attached hydrogens (tertiary/aromatic N) is 3. The van der Waals surface area contributed by atoms with Crippen molar-refractivity contribution >= 4 is 43.1 Å². The number of H-pyrrole nitrogens is 1. The lowest BCUT2D eigenvalue weighted by Gasteiger charge is -2.32. The molecule has 3 aromatic carbocycles. The number of rotatable bonds is 5. The lowest BCUT2D eigenvalue weighted by molar-refractivity contribution is 0.226. The Morgan fingerprint density at radius 2 is 1.83 bits per heavy atom. The van der Waals surface area contributed by atoms with Gasteiger partial charge < -0.3 is 19.2 Å². The number of aromatic nitrogens is 2. The van der Waals surface area contributed by atoms with Gasteiger partial charge >= 0.3 is 10.2 Å². The number of benzene rings is 3. The molecule has 1 N–H and O–H groups in total. The summed E-state index contributed by atoms with van der Waals surface area (Å²) in [4.78, 5) is 19.4. The van der Waals surface area contributed by atoms with E-state index in [0.29, 0.717) is 49.9 Å². The minimum atomic E-state index is -4.93. The second-order valence-electron chi connectivity index (χ2n) is 11.0. The smallest absolute Gasteiger partial charge is 0.332 e. The zero-order valence-corrected chi connectivity index (χ0v) is 23.8. The average Bonchev–Trinajstić information content (AvgIpc) is 3.32.